The number of para-hydroxylation sites is 1. The van der Waals surface area contributed by atoms with Crippen LogP contribution in [0.25, 0.3) is 83.9 Å². The van der Waals surface area contributed by atoms with Gasteiger partial charge in [-0.25, -0.2) is 4.98 Å². The van der Waals surface area contributed by atoms with Crippen molar-refractivity contribution in [1.29, 1.82) is 0 Å². The average molecular weight is 830 g/mol. The van der Waals surface area contributed by atoms with Gasteiger partial charge in [0.2, 0.25) is 0 Å². The lowest BCUT2D eigenvalue weighted by atomic mass is 9.78. The summed E-state index contributed by atoms with van der Waals surface area (Å²) in [4.78, 5) is 10.1. The van der Waals surface area contributed by atoms with Crippen LogP contribution in [0.1, 0.15) is 80.3 Å². The van der Waals surface area contributed by atoms with E-state index in [-0.39, 0.29) is 39.8 Å². The molecule has 0 atom stereocenters. The summed E-state index contributed by atoms with van der Waals surface area (Å²) >= 11 is 0. The summed E-state index contributed by atoms with van der Waals surface area (Å²) in [7, 11) is 0. The Morgan fingerprint density at radius 1 is 0.587 bits per heavy atom. The fraction of sp³-hybridized carbons (Fsp3) is 0.186. The predicted octanol–water partition coefficient (Wildman–Crippen LogP) is 15.6. The Morgan fingerprint density at radius 3 is 2.08 bits per heavy atom. The molecule has 1 N–H and O–H groups in total. The molecule has 0 aliphatic heterocycles. The Kier molecular flexibility index (Phi) is 8.30. The highest BCUT2D eigenvalue weighted by Gasteiger charge is 2.26. The Morgan fingerprint density at radius 2 is 1.33 bits per heavy atom. The number of nitrogens with zero attached hydrogens (tertiary/aromatic N) is 3. The number of aromatic hydroxyl groups is 1. The first kappa shape index (κ1) is 32.6. The first-order valence-electron chi connectivity index (χ1n) is 25.3. The van der Waals surface area contributed by atoms with E-state index >= 15 is 0 Å². The first-order valence-corrected chi connectivity index (χ1v) is 21.3. The zero-order valence-corrected chi connectivity index (χ0v) is 37.0. The smallest absolute Gasteiger partial charge is 0.149 e. The van der Waals surface area contributed by atoms with E-state index in [0.717, 1.165) is 55.6 Å². The van der Waals surface area contributed by atoms with Crippen molar-refractivity contribution >= 4 is 11.0 Å². The predicted molar refractivity (Wildman–Crippen MR) is 265 cm³/mol. The summed E-state index contributed by atoms with van der Waals surface area (Å²) in [5.41, 5.74) is 12.2. The van der Waals surface area contributed by atoms with E-state index in [1.54, 1.807) is 24.4 Å². The fourth-order valence-electron chi connectivity index (χ4n) is 8.62. The van der Waals surface area contributed by atoms with Crippen LogP contribution >= 0.6 is 0 Å². The number of fused-ring (bicyclic) bond motifs is 1. The highest BCUT2D eigenvalue weighted by molar-refractivity contribution is 5.97. The van der Waals surface area contributed by atoms with Gasteiger partial charge in [-0.3, -0.25) is 9.55 Å². The Hall–Kier alpha value is -7.04. The molecule has 9 rings (SSSR count). The van der Waals surface area contributed by atoms with Gasteiger partial charge in [-0.05, 0) is 147 Å². The summed E-state index contributed by atoms with van der Waals surface area (Å²) in [5.74, 6) is 0.407. The minimum absolute atomic E-state index is 0.0365. The molecule has 0 spiro atoms. The van der Waals surface area contributed by atoms with Gasteiger partial charge in [-0.15, -0.1) is 0 Å². The van der Waals surface area contributed by atoms with Crippen LogP contribution in [0.15, 0.2) is 164 Å². The molecule has 63 heavy (non-hydrogen) atoms. The second-order valence-corrected chi connectivity index (χ2v) is 18.5. The number of hydrogen-bond acceptors (Lipinski definition) is 3. The molecule has 9 aromatic rings. The summed E-state index contributed by atoms with van der Waals surface area (Å²) in [6.07, 6.45) is 1.58. The molecule has 7 aromatic carbocycles. The lowest BCUT2D eigenvalue weighted by Crippen LogP contribution is -2.13. The number of hydrogen-bond donors (Lipinski definition) is 1. The van der Waals surface area contributed by atoms with Crippen molar-refractivity contribution in [3.63, 3.8) is 0 Å². The molecule has 0 unspecified atom stereocenters. The summed E-state index contributed by atoms with van der Waals surface area (Å²) in [6, 6.07) is 39.3. The standard InChI is InChI=1S/C59H55N3O/c1-37-30-39(3)56(63)49(31-37)57-61-55-48(44-33-45(35-46(34-44)58(4,5)6)51-36-42(28-29-60-51)40-18-12-10-13-19-40)23-17-25-53(55)62(57)52-27-26-43(32-38(52)2)54-47(41-20-14-11-15-21-41)22-16-24-50(54)59(7,8)9/h10-36,63H,1-9H3/i2D3,10D,12D,13D,18D,19D. The highest BCUT2D eigenvalue weighted by Crippen LogP contribution is 2.44. The van der Waals surface area contributed by atoms with Crippen LogP contribution in [0, 0.1) is 20.7 Å². The normalized spacial score (nSPS) is 14.0. The van der Waals surface area contributed by atoms with Gasteiger partial charge in [0.05, 0.1) is 34.8 Å². The van der Waals surface area contributed by atoms with E-state index in [1.807, 2.05) is 85.1 Å². The molecule has 4 nitrogen and oxygen atoms in total. The number of aromatic nitrogens is 3. The topological polar surface area (TPSA) is 50.9 Å². The van der Waals surface area contributed by atoms with Gasteiger partial charge in [0.15, 0.2) is 0 Å². The number of benzene rings is 7. The maximum Gasteiger partial charge on any atom is 0.149 e. The number of phenols is 1. The molecule has 0 amide bonds. The van der Waals surface area contributed by atoms with Crippen molar-refractivity contribution in [1.82, 2.24) is 14.5 Å². The van der Waals surface area contributed by atoms with Crippen LogP contribution in [-0.2, 0) is 10.8 Å². The van der Waals surface area contributed by atoms with Gasteiger partial charge < -0.3 is 5.11 Å². The van der Waals surface area contributed by atoms with Crippen LogP contribution in [0.3, 0.4) is 0 Å². The quantitative estimate of drug-likeness (QED) is 0.174. The van der Waals surface area contributed by atoms with Crippen molar-refractivity contribution < 1.29 is 16.1 Å². The number of imidazole rings is 1. The molecular formula is C59H55N3O. The van der Waals surface area contributed by atoms with Crippen molar-refractivity contribution in [2.75, 3.05) is 0 Å². The van der Waals surface area contributed by atoms with Crippen LogP contribution in [0.4, 0.5) is 0 Å². The Bertz CT molecular complexity index is 3550. The SMILES string of the molecule is [2H]c1c([2H])c([2H])c(-c2ccnc(-c3cc(-c4cccc5c4nc(-c4cc(C)cc(C)c4O)n5-c4ccc(-c5c(-c6ccccc6)cccc5C(C)(C)C)cc4C([2H])([2H])[2H])cc(C(C)(C)C)c3)c2)c([2H])c1[2H]. The Labute approximate surface area is 383 Å². The monoisotopic (exact) mass is 829 g/mol. The molecule has 0 aliphatic carbocycles. The lowest BCUT2D eigenvalue weighted by molar-refractivity contribution is 0.472. The third-order valence-corrected chi connectivity index (χ3v) is 11.8. The molecule has 4 heteroatoms. The minimum Gasteiger partial charge on any atom is -0.507 e. The minimum atomic E-state index is -2.59. The number of aryl methyl sites for hydroxylation is 3. The van der Waals surface area contributed by atoms with Crippen LogP contribution < -0.4 is 0 Å². The molecule has 312 valence electrons. The molecule has 2 aromatic heterocycles. The summed E-state index contributed by atoms with van der Waals surface area (Å²) in [6.45, 7) is 14.0. The molecular weight excluding hydrogens is 767 g/mol. The van der Waals surface area contributed by atoms with Gasteiger partial charge in [-0.1, -0.05) is 151 Å². The van der Waals surface area contributed by atoms with Crippen LogP contribution in [-0.4, -0.2) is 19.6 Å². The van der Waals surface area contributed by atoms with E-state index in [0.29, 0.717) is 44.9 Å². The second kappa shape index (κ2) is 16.0. The van der Waals surface area contributed by atoms with Crippen LogP contribution in [0.5, 0.6) is 5.75 Å². The van der Waals surface area contributed by atoms with Gasteiger partial charge in [0, 0.05) is 21.4 Å². The van der Waals surface area contributed by atoms with Gasteiger partial charge in [0.25, 0.3) is 0 Å². The number of phenolic OH excluding ortho intramolecular Hbond substituents is 1. The number of pyridine rings is 1. The molecule has 0 bridgehead atoms. The van der Waals surface area contributed by atoms with E-state index in [1.165, 1.54) is 0 Å². The zero-order chi connectivity index (χ0) is 51.1. The highest BCUT2D eigenvalue weighted by atomic mass is 16.3. The Balaban J connectivity index is 1.31. The third-order valence-electron chi connectivity index (χ3n) is 11.8. The maximum atomic E-state index is 11.9. The largest absolute Gasteiger partial charge is 0.507 e. The molecule has 0 saturated carbocycles. The van der Waals surface area contributed by atoms with E-state index in [4.69, 9.17) is 20.9 Å². The first-order chi connectivity index (χ1) is 33.4. The van der Waals surface area contributed by atoms with Crippen molar-refractivity contribution in [2.24, 2.45) is 0 Å². The van der Waals surface area contributed by atoms with Crippen molar-refractivity contribution in [3.8, 4) is 78.6 Å². The van der Waals surface area contributed by atoms with Crippen molar-refractivity contribution in [3.05, 3.63) is 192 Å². The van der Waals surface area contributed by atoms with Gasteiger partial charge in [0.1, 0.15) is 11.6 Å². The maximum absolute atomic E-state index is 11.9. The van der Waals surface area contributed by atoms with Crippen LogP contribution in [0.2, 0.25) is 0 Å². The van der Waals surface area contributed by atoms with Crippen molar-refractivity contribution in [2.45, 2.75) is 73.1 Å². The molecule has 0 aliphatic rings. The second-order valence-electron chi connectivity index (χ2n) is 18.5. The molecule has 0 radical (unpaired) electrons. The van der Waals surface area contributed by atoms with Gasteiger partial charge in [-0.2, -0.15) is 0 Å². The molecule has 0 saturated heterocycles. The van der Waals surface area contributed by atoms with E-state index < -0.39 is 25.0 Å². The molecule has 0 fully saturated rings. The molecule has 2 heterocycles. The third kappa shape index (κ3) is 7.87. The van der Waals surface area contributed by atoms with E-state index in [9.17, 15) is 5.11 Å². The number of rotatable bonds is 7. The fourth-order valence-corrected chi connectivity index (χ4v) is 8.62. The lowest BCUT2D eigenvalue weighted by Gasteiger charge is -2.26. The summed E-state index contributed by atoms with van der Waals surface area (Å²) in [5, 5.41) is 11.9. The average Bonchev–Trinajstić information content (AvgIpc) is 3.72. The van der Waals surface area contributed by atoms with E-state index in [2.05, 4.69) is 84.0 Å². The van der Waals surface area contributed by atoms with Gasteiger partial charge >= 0.3 is 0 Å². The zero-order valence-electron chi connectivity index (χ0n) is 45.0. The summed E-state index contributed by atoms with van der Waals surface area (Å²) < 4.78 is 71.5.